The zero-order valence-corrected chi connectivity index (χ0v) is 10.1. The normalized spacial score (nSPS) is 21.7. The van der Waals surface area contributed by atoms with Gasteiger partial charge in [0.1, 0.15) is 0 Å². The van der Waals surface area contributed by atoms with Crippen molar-refractivity contribution in [1.29, 1.82) is 0 Å². The number of piperazine rings is 1. The van der Waals surface area contributed by atoms with Crippen LogP contribution in [0.2, 0.25) is 0 Å². The summed E-state index contributed by atoms with van der Waals surface area (Å²) in [6, 6.07) is 0.473. The molecule has 92 valence electrons. The van der Waals surface area contributed by atoms with Crippen molar-refractivity contribution in [3.8, 4) is 0 Å². The molecule has 0 amide bonds. The smallest absolute Gasteiger partial charge is 0.307 e. The summed E-state index contributed by atoms with van der Waals surface area (Å²) < 4.78 is 4.93. The molecule has 1 aliphatic rings. The lowest BCUT2D eigenvalue weighted by Gasteiger charge is -2.35. The Labute approximate surface area is 97.6 Å². The minimum Gasteiger partial charge on any atom is -0.466 e. The highest BCUT2D eigenvalue weighted by Gasteiger charge is 2.21. The van der Waals surface area contributed by atoms with Gasteiger partial charge in [0.2, 0.25) is 0 Å². The van der Waals surface area contributed by atoms with Crippen LogP contribution in [-0.2, 0) is 9.53 Å². The lowest BCUT2D eigenvalue weighted by Crippen LogP contribution is -2.51. The quantitative estimate of drug-likeness (QED) is 0.537. The van der Waals surface area contributed by atoms with Crippen molar-refractivity contribution >= 4 is 5.97 Å². The maximum absolute atomic E-state index is 11.3. The monoisotopic (exact) mass is 226 g/mol. The summed E-state index contributed by atoms with van der Waals surface area (Å²) >= 11 is 0. The Morgan fingerprint density at radius 2 is 2.50 bits per heavy atom. The first-order chi connectivity index (χ1) is 7.77. The van der Waals surface area contributed by atoms with E-state index in [2.05, 4.69) is 16.8 Å². The summed E-state index contributed by atoms with van der Waals surface area (Å²) in [5, 5.41) is 3.36. The topological polar surface area (TPSA) is 41.6 Å². The van der Waals surface area contributed by atoms with Crippen molar-refractivity contribution in [3.05, 3.63) is 12.7 Å². The van der Waals surface area contributed by atoms with Gasteiger partial charge in [-0.25, -0.2) is 0 Å². The Morgan fingerprint density at radius 1 is 1.69 bits per heavy atom. The Balaban J connectivity index is 2.31. The van der Waals surface area contributed by atoms with E-state index in [1.54, 1.807) is 0 Å². The molecule has 4 nitrogen and oxygen atoms in total. The van der Waals surface area contributed by atoms with Crippen LogP contribution in [0.25, 0.3) is 0 Å². The van der Waals surface area contributed by atoms with Gasteiger partial charge >= 0.3 is 5.97 Å². The molecular weight excluding hydrogens is 204 g/mol. The van der Waals surface area contributed by atoms with Crippen molar-refractivity contribution < 1.29 is 9.53 Å². The van der Waals surface area contributed by atoms with E-state index in [0.29, 0.717) is 19.1 Å². The van der Waals surface area contributed by atoms with Crippen LogP contribution >= 0.6 is 0 Å². The molecule has 1 saturated heterocycles. The maximum Gasteiger partial charge on any atom is 0.307 e. The van der Waals surface area contributed by atoms with Crippen LogP contribution in [0.3, 0.4) is 0 Å². The van der Waals surface area contributed by atoms with Crippen LogP contribution in [0.4, 0.5) is 0 Å². The van der Waals surface area contributed by atoms with Gasteiger partial charge in [-0.1, -0.05) is 6.08 Å². The maximum atomic E-state index is 11.3. The van der Waals surface area contributed by atoms with Crippen LogP contribution < -0.4 is 5.32 Å². The highest BCUT2D eigenvalue weighted by molar-refractivity contribution is 5.69. The second-order valence-electron chi connectivity index (χ2n) is 3.97. The second-order valence-corrected chi connectivity index (χ2v) is 3.97. The minimum absolute atomic E-state index is 0.0987. The van der Waals surface area contributed by atoms with Gasteiger partial charge in [0.25, 0.3) is 0 Å². The second kappa shape index (κ2) is 7.41. The summed E-state index contributed by atoms with van der Waals surface area (Å²) in [5.41, 5.74) is 0. The average Bonchev–Trinajstić information content (AvgIpc) is 2.29. The molecule has 0 saturated carbocycles. The highest BCUT2D eigenvalue weighted by atomic mass is 16.5. The van der Waals surface area contributed by atoms with E-state index >= 15 is 0 Å². The number of rotatable bonds is 6. The molecule has 16 heavy (non-hydrogen) atoms. The van der Waals surface area contributed by atoms with E-state index < -0.39 is 0 Å². The molecule has 1 atom stereocenters. The number of nitrogens with zero attached hydrogens (tertiary/aromatic N) is 1. The average molecular weight is 226 g/mol. The fraction of sp³-hybridized carbons (Fsp3) is 0.750. The number of hydrogen-bond donors (Lipinski definition) is 1. The molecule has 1 heterocycles. The van der Waals surface area contributed by atoms with Crippen molar-refractivity contribution in [1.82, 2.24) is 10.2 Å². The fourth-order valence-corrected chi connectivity index (χ4v) is 1.99. The Hall–Kier alpha value is -0.870. The van der Waals surface area contributed by atoms with Gasteiger partial charge in [-0.3, -0.25) is 9.69 Å². The Bertz CT molecular complexity index is 231. The molecule has 0 aromatic heterocycles. The van der Waals surface area contributed by atoms with Gasteiger partial charge in [-0.15, -0.1) is 6.58 Å². The van der Waals surface area contributed by atoms with Gasteiger partial charge in [0.15, 0.2) is 0 Å². The molecule has 0 aromatic rings. The summed E-state index contributed by atoms with van der Waals surface area (Å²) in [7, 11) is 0. The predicted octanol–water partition coefficient (Wildman–Crippen LogP) is 0.790. The first-order valence-corrected chi connectivity index (χ1v) is 5.99. The molecule has 0 bridgehead atoms. The number of esters is 1. The van der Waals surface area contributed by atoms with E-state index in [9.17, 15) is 4.79 Å². The first-order valence-electron chi connectivity index (χ1n) is 5.99. The highest BCUT2D eigenvalue weighted by Crippen LogP contribution is 2.08. The third kappa shape index (κ3) is 4.33. The molecule has 1 fully saturated rings. The van der Waals surface area contributed by atoms with Crippen LogP contribution in [-0.4, -0.2) is 49.7 Å². The number of hydrogen-bond acceptors (Lipinski definition) is 4. The predicted molar refractivity (Wildman–Crippen MR) is 64.3 cm³/mol. The van der Waals surface area contributed by atoms with Crippen molar-refractivity contribution in [2.45, 2.75) is 25.8 Å². The van der Waals surface area contributed by atoms with Crippen molar-refractivity contribution in [3.63, 3.8) is 0 Å². The molecule has 0 aromatic carbocycles. The van der Waals surface area contributed by atoms with Crippen LogP contribution in [0.1, 0.15) is 19.8 Å². The molecular formula is C12H22N2O2. The molecule has 0 spiro atoms. The molecule has 1 aliphatic heterocycles. The van der Waals surface area contributed by atoms with Crippen molar-refractivity contribution in [2.75, 3.05) is 32.8 Å². The number of carbonyl (C=O) groups excluding carboxylic acids is 1. The minimum atomic E-state index is -0.0987. The van der Waals surface area contributed by atoms with Crippen LogP contribution in [0.5, 0.6) is 0 Å². The van der Waals surface area contributed by atoms with E-state index in [0.717, 1.165) is 32.6 Å². The van der Waals surface area contributed by atoms with Crippen molar-refractivity contribution in [2.24, 2.45) is 0 Å². The number of ether oxygens (including phenoxy) is 1. The molecule has 0 unspecified atom stereocenters. The van der Waals surface area contributed by atoms with E-state index in [-0.39, 0.29) is 5.97 Å². The SMILES string of the molecule is C=CC[C@@H]1CNCCN1CCC(=O)OCC. The molecule has 0 radical (unpaired) electrons. The lowest BCUT2D eigenvalue weighted by molar-refractivity contribution is -0.143. The first kappa shape index (κ1) is 13.2. The van der Waals surface area contributed by atoms with E-state index in [4.69, 9.17) is 4.74 Å². The lowest BCUT2D eigenvalue weighted by atomic mass is 10.1. The Kier molecular flexibility index (Phi) is 6.11. The van der Waals surface area contributed by atoms with Gasteiger partial charge in [0.05, 0.1) is 13.0 Å². The molecule has 1 rings (SSSR count). The van der Waals surface area contributed by atoms with Gasteiger partial charge in [-0.2, -0.15) is 0 Å². The Morgan fingerprint density at radius 3 is 3.19 bits per heavy atom. The van der Waals surface area contributed by atoms with E-state index in [1.165, 1.54) is 0 Å². The number of carbonyl (C=O) groups is 1. The summed E-state index contributed by atoms with van der Waals surface area (Å²) in [6.07, 6.45) is 3.40. The molecule has 4 heteroatoms. The summed E-state index contributed by atoms with van der Waals surface area (Å²) in [4.78, 5) is 13.6. The third-order valence-electron chi connectivity index (χ3n) is 2.82. The summed E-state index contributed by atoms with van der Waals surface area (Å²) in [5.74, 6) is -0.0987. The fourth-order valence-electron chi connectivity index (χ4n) is 1.99. The largest absolute Gasteiger partial charge is 0.466 e. The van der Waals surface area contributed by atoms with Gasteiger partial charge in [-0.05, 0) is 13.3 Å². The molecule has 0 aliphatic carbocycles. The van der Waals surface area contributed by atoms with Crippen LogP contribution in [0, 0.1) is 0 Å². The number of nitrogens with one attached hydrogen (secondary N) is 1. The van der Waals surface area contributed by atoms with Gasteiger partial charge < -0.3 is 10.1 Å². The summed E-state index contributed by atoms with van der Waals surface area (Å²) in [6.45, 7) is 9.84. The van der Waals surface area contributed by atoms with E-state index in [1.807, 2.05) is 13.0 Å². The zero-order chi connectivity index (χ0) is 11.8. The zero-order valence-electron chi connectivity index (χ0n) is 10.1. The van der Waals surface area contributed by atoms with Gasteiger partial charge in [0, 0.05) is 32.2 Å². The third-order valence-corrected chi connectivity index (χ3v) is 2.82. The molecule has 1 N–H and O–H groups in total. The standard InChI is InChI=1S/C12H22N2O2/c1-3-5-11-10-13-7-9-14(11)8-6-12(15)16-4-2/h3,11,13H,1,4-10H2,2H3/t11-/m1/s1. The van der Waals surface area contributed by atoms with Crippen LogP contribution in [0.15, 0.2) is 12.7 Å².